The highest BCUT2D eigenvalue weighted by Gasteiger charge is 2.22. The van der Waals surface area contributed by atoms with Gasteiger partial charge in [0.1, 0.15) is 5.84 Å². The van der Waals surface area contributed by atoms with Crippen LogP contribution in [0.5, 0.6) is 0 Å². The van der Waals surface area contributed by atoms with Gasteiger partial charge in [-0.25, -0.2) is 3.21 Å². The monoisotopic (exact) mass is 434 g/mol. The molecule has 0 bridgehead atoms. The van der Waals surface area contributed by atoms with E-state index in [9.17, 15) is 0 Å². The summed E-state index contributed by atoms with van der Waals surface area (Å²) in [5.74, 6) is 1.96. The lowest BCUT2D eigenvalue weighted by molar-refractivity contribution is 0.353. The van der Waals surface area contributed by atoms with E-state index in [1.807, 2.05) is 0 Å². The maximum absolute atomic E-state index is 4.41. The highest BCUT2D eigenvalue weighted by Crippen LogP contribution is 2.27. The van der Waals surface area contributed by atoms with Crippen molar-refractivity contribution in [2.75, 3.05) is 0 Å². The molecular weight excluding hydrogens is 414 g/mol. The minimum absolute atomic E-state index is 0.694. The van der Waals surface area contributed by atoms with Crippen molar-refractivity contribution < 1.29 is 0 Å². The van der Waals surface area contributed by atoms with Gasteiger partial charge in [0.25, 0.3) is 0 Å². The molecule has 0 N–H and O–H groups in total. The molecule has 0 spiro atoms. The zero-order chi connectivity index (χ0) is 11.3. The molecule has 0 atom stereocenters. The molecular formula is C11H20I2N2. The lowest BCUT2D eigenvalue weighted by Gasteiger charge is -2.31. The van der Waals surface area contributed by atoms with Gasteiger partial charge in [-0.05, 0) is 18.8 Å². The predicted octanol–water partition coefficient (Wildman–Crippen LogP) is 4.77. The van der Waals surface area contributed by atoms with E-state index in [0.717, 1.165) is 12.5 Å². The summed E-state index contributed by atoms with van der Waals surface area (Å²) >= 11 is 4.59. The van der Waals surface area contributed by atoms with Crippen LogP contribution in [0.15, 0.2) is 3.21 Å². The van der Waals surface area contributed by atoms with Crippen LogP contribution in [0, 0.1) is 5.92 Å². The SMILES string of the molecule is CC(C)CC(=NI)N(I)C1CCCCC1. The lowest BCUT2D eigenvalue weighted by atomic mass is 9.95. The standard InChI is InChI=1S/C11H20I2N2/c1-9(2)8-11(14-12)15(13)10-6-4-3-5-7-10/h9-10H,3-8H2,1-2H3. The predicted molar refractivity (Wildman–Crippen MR) is 83.6 cm³/mol. The second-order valence-electron chi connectivity index (χ2n) is 4.70. The van der Waals surface area contributed by atoms with Gasteiger partial charge in [-0.15, -0.1) is 0 Å². The molecule has 1 rings (SSSR count). The number of rotatable bonds is 3. The van der Waals surface area contributed by atoms with Crippen molar-refractivity contribution in [2.24, 2.45) is 9.12 Å². The molecule has 0 saturated heterocycles. The zero-order valence-corrected chi connectivity index (χ0v) is 13.9. The minimum atomic E-state index is 0.694. The van der Waals surface area contributed by atoms with Crippen LogP contribution in [0.25, 0.3) is 0 Å². The van der Waals surface area contributed by atoms with Crippen molar-refractivity contribution in [1.82, 2.24) is 3.11 Å². The average Bonchev–Trinajstić information content (AvgIpc) is 2.26. The highest BCUT2D eigenvalue weighted by atomic mass is 127. The van der Waals surface area contributed by atoms with Crippen molar-refractivity contribution in [3.8, 4) is 0 Å². The minimum Gasteiger partial charge on any atom is -0.299 e. The van der Waals surface area contributed by atoms with E-state index < -0.39 is 0 Å². The summed E-state index contributed by atoms with van der Waals surface area (Å²) in [5, 5.41) is 0. The maximum Gasteiger partial charge on any atom is 0.120 e. The third-order valence-corrected chi connectivity index (χ3v) is 4.73. The van der Waals surface area contributed by atoms with Crippen LogP contribution in [0.3, 0.4) is 0 Å². The second-order valence-corrected chi connectivity index (χ2v) is 6.22. The highest BCUT2D eigenvalue weighted by molar-refractivity contribution is 14.1. The molecule has 0 aromatic rings. The fraction of sp³-hybridized carbons (Fsp3) is 0.909. The molecule has 88 valence electrons. The van der Waals surface area contributed by atoms with Gasteiger partial charge < -0.3 is 0 Å². The van der Waals surface area contributed by atoms with E-state index in [2.05, 4.69) is 65.9 Å². The first-order chi connectivity index (χ1) is 7.15. The number of hydrogen-bond acceptors (Lipinski definition) is 1. The zero-order valence-electron chi connectivity index (χ0n) is 9.55. The van der Waals surface area contributed by atoms with E-state index in [4.69, 9.17) is 0 Å². The van der Waals surface area contributed by atoms with Gasteiger partial charge >= 0.3 is 0 Å². The Morgan fingerprint density at radius 3 is 2.40 bits per heavy atom. The van der Waals surface area contributed by atoms with Crippen molar-refractivity contribution in [3.63, 3.8) is 0 Å². The summed E-state index contributed by atoms with van der Waals surface area (Å²) in [5.41, 5.74) is 0. The Hall–Kier alpha value is 0.930. The molecule has 1 fully saturated rings. The molecule has 15 heavy (non-hydrogen) atoms. The van der Waals surface area contributed by atoms with Crippen LogP contribution >= 0.6 is 45.7 Å². The molecule has 1 aliphatic rings. The second kappa shape index (κ2) is 7.29. The smallest absolute Gasteiger partial charge is 0.120 e. The van der Waals surface area contributed by atoms with Gasteiger partial charge in [-0.1, -0.05) is 33.1 Å². The first-order valence-electron chi connectivity index (χ1n) is 5.78. The quantitative estimate of drug-likeness (QED) is 0.271. The number of halogens is 2. The summed E-state index contributed by atoms with van der Waals surface area (Å²) in [6.07, 6.45) is 7.98. The van der Waals surface area contributed by atoms with Gasteiger partial charge in [0, 0.05) is 12.5 Å². The number of amidine groups is 1. The molecule has 0 aromatic carbocycles. The topological polar surface area (TPSA) is 15.6 Å². The Morgan fingerprint density at radius 2 is 1.93 bits per heavy atom. The third-order valence-electron chi connectivity index (χ3n) is 2.83. The van der Waals surface area contributed by atoms with Crippen molar-refractivity contribution in [2.45, 2.75) is 58.4 Å². The van der Waals surface area contributed by atoms with Crippen LogP contribution < -0.4 is 0 Å². The normalized spacial score (nSPS) is 19.7. The Balaban J connectivity index is 2.51. The summed E-state index contributed by atoms with van der Waals surface area (Å²) in [4.78, 5) is 0. The third kappa shape index (κ3) is 4.75. The molecule has 0 aliphatic heterocycles. The lowest BCUT2D eigenvalue weighted by Crippen LogP contribution is -2.34. The van der Waals surface area contributed by atoms with Crippen molar-refractivity contribution in [3.05, 3.63) is 0 Å². The molecule has 1 saturated carbocycles. The molecule has 0 radical (unpaired) electrons. The van der Waals surface area contributed by atoms with Gasteiger partial charge in [0.05, 0.1) is 45.7 Å². The summed E-state index contributed by atoms with van der Waals surface area (Å²) in [6, 6.07) is 0.728. The Morgan fingerprint density at radius 1 is 1.33 bits per heavy atom. The van der Waals surface area contributed by atoms with E-state index in [0.29, 0.717) is 5.92 Å². The summed E-state index contributed by atoms with van der Waals surface area (Å²) in [7, 11) is 0. The Labute approximate surface area is 121 Å². The number of hydrogen-bond donors (Lipinski definition) is 0. The van der Waals surface area contributed by atoms with Crippen LogP contribution in [0.1, 0.15) is 52.4 Å². The van der Waals surface area contributed by atoms with Gasteiger partial charge in [0.2, 0.25) is 0 Å². The van der Waals surface area contributed by atoms with Crippen LogP contribution in [0.4, 0.5) is 0 Å². The van der Waals surface area contributed by atoms with Crippen LogP contribution in [-0.2, 0) is 0 Å². The maximum atomic E-state index is 4.41. The molecule has 2 nitrogen and oxygen atoms in total. The van der Waals surface area contributed by atoms with E-state index >= 15 is 0 Å². The van der Waals surface area contributed by atoms with E-state index in [1.54, 1.807) is 0 Å². The van der Waals surface area contributed by atoms with Gasteiger partial charge in [0.15, 0.2) is 0 Å². The fourth-order valence-corrected chi connectivity index (χ4v) is 3.75. The average molecular weight is 434 g/mol. The van der Waals surface area contributed by atoms with E-state index in [1.165, 1.54) is 37.9 Å². The first kappa shape index (κ1) is 14.0. The molecule has 0 heterocycles. The van der Waals surface area contributed by atoms with Gasteiger partial charge in [-0.2, -0.15) is 0 Å². The molecule has 1 aliphatic carbocycles. The largest absolute Gasteiger partial charge is 0.299 e. The Kier molecular flexibility index (Phi) is 6.80. The van der Waals surface area contributed by atoms with Crippen LogP contribution in [0.2, 0.25) is 0 Å². The molecule has 0 amide bonds. The van der Waals surface area contributed by atoms with E-state index in [-0.39, 0.29) is 0 Å². The summed E-state index contributed by atoms with van der Waals surface area (Å²) in [6.45, 7) is 4.51. The van der Waals surface area contributed by atoms with Gasteiger partial charge in [-0.3, -0.25) is 3.11 Å². The van der Waals surface area contributed by atoms with Crippen molar-refractivity contribution in [1.29, 1.82) is 0 Å². The molecule has 0 unspecified atom stereocenters. The fourth-order valence-electron chi connectivity index (χ4n) is 2.04. The summed E-state index contributed by atoms with van der Waals surface area (Å²) < 4.78 is 6.80. The Bertz CT molecular complexity index is 211. The first-order valence-corrected chi connectivity index (χ1v) is 7.71. The number of nitrogens with zero attached hydrogens (tertiary/aromatic N) is 2. The van der Waals surface area contributed by atoms with Crippen LogP contribution in [-0.4, -0.2) is 15.0 Å². The van der Waals surface area contributed by atoms with Crippen molar-refractivity contribution >= 4 is 51.6 Å². The molecule has 4 heteroatoms. The molecule has 0 aromatic heterocycles.